The van der Waals surface area contributed by atoms with E-state index < -0.39 is 52.2 Å². The molecular formula is C18H15O10PS3. The Bertz CT molecular complexity index is 1340. The minimum atomic E-state index is -4.52. The van der Waals surface area contributed by atoms with Gasteiger partial charge in [-0.2, -0.15) is 25.3 Å². The molecule has 0 atom stereocenters. The average Bonchev–Trinajstić information content (AvgIpc) is 2.71. The van der Waals surface area contributed by atoms with Gasteiger partial charge < -0.3 is 4.57 Å². The molecule has 3 rings (SSSR count). The molecule has 0 heterocycles. The molecule has 0 unspecified atom stereocenters. The third-order valence-corrected chi connectivity index (χ3v) is 10.2. The second kappa shape index (κ2) is 8.19. The molecule has 0 radical (unpaired) electrons. The van der Waals surface area contributed by atoms with E-state index in [1.54, 1.807) is 0 Å². The van der Waals surface area contributed by atoms with Gasteiger partial charge in [-0.25, -0.2) is 0 Å². The molecular weight excluding hydrogens is 503 g/mol. The van der Waals surface area contributed by atoms with Crippen LogP contribution in [0.2, 0.25) is 0 Å². The van der Waals surface area contributed by atoms with Gasteiger partial charge in [0.2, 0.25) is 0 Å². The standard InChI is InChI=1S/C18H15O10PS3/c19-29(13-1-7-16(8-2-13)30(20,21)22,14-3-9-17(10-4-14)31(23,24)25)15-5-11-18(12-6-15)32(26,27)28/h1-12H,(H,20,21,22)(H,23,24,25)(H,26,27,28). The predicted molar refractivity (Wildman–Crippen MR) is 115 cm³/mol. The Hall–Kier alpha value is -2.38. The average molecular weight is 518 g/mol. The van der Waals surface area contributed by atoms with E-state index in [0.29, 0.717) is 0 Å². The van der Waals surface area contributed by atoms with Gasteiger partial charge in [0, 0.05) is 15.9 Å². The van der Waals surface area contributed by atoms with Crippen LogP contribution in [0, 0.1) is 0 Å². The molecule has 3 aromatic rings. The van der Waals surface area contributed by atoms with E-state index in [2.05, 4.69) is 0 Å². The van der Waals surface area contributed by atoms with Crippen molar-refractivity contribution in [3.05, 3.63) is 72.8 Å². The lowest BCUT2D eigenvalue weighted by atomic mass is 10.3. The number of rotatable bonds is 6. The van der Waals surface area contributed by atoms with E-state index in [1.165, 1.54) is 36.4 Å². The lowest BCUT2D eigenvalue weighted by Crippen LogP contribution is -2.25. The molecule has 0 spiro atoms. The van der Waals surface area contributed by atoms with E-state index in [1.807, 2.05) is 0 Å². The molecule has 170 valence electrons. The predicted octanol–water partition coefficient (Wildman–Crippen LogP) is 1.07. The van der Waals surface area contributed by atoms with Crippen LogP contribution < -0.4 is 15.9 Å². The Morgan fingerprint density at radius 1 is 0.438 bits per heavy atom. The van der Waals surface area contributed by atoms with Crippen molar-refractivity contribution in [3.63, 3.8) is 0 Å². The highest BCUT2D eigenvalue weighted by molar-refractivity contribution is 7.87. The van der Waals surface area contributed by atoms with Crippen molar-refractivity contribution in [3.8, 4) is 0 Å². The van der Waals surface area contributed by atoms with Crippen LogP contribution in [-0.2, 0) is 34.9 Å². The largest absolute Gasteiger partial charge is 0.309 e. The van der Waals surface area contributed by atoms with Crippen molar-refractivity contribution >= 4 is 53.4 Å². The first-order chi connectivity index (χ1) is 14.6. The monoisotopic (exact) mass is 518 g/mol. The molecule has 3 N–H and O–H groups in total. The molecule has 0 aliphatic heterocycles. The zero-order chi connectivity index (χ0) is 23.9. The molecule has 3 aromatic carbocycles. The fraction of sp³-hybridized carbons (Fsp3) is 0. The highest BCUT2D eigenvalue weighted by Crippen LogP contribution is 2.42. The van der Waals surface area contributed by atoms with Crippen molar-refractivity contribution in [2.24, 2.45) is 0 Å². The SMILES string of the molecule is O=P(c1ccc(S(=O)(=O)O)cc1)(c1ccc(S(=O)(=O)O)cc1)c1ccc(S(=O)(=O)O)cc1. The van der Waals surface area contributed by atoms with E-state index in [4.69, 9.17) is 0 Å². The summed E-state index contributed by atoms with van der Waals surface area (Å²) in [5.74, 6) is 0. The van der Waals surface area contributed by atoms with Crippen molar-refractivity contribution in [1.82, 2.24) is 0 Å². The summed E-state index contributed by atoms with van der Waals surface area (Å²) in [6, 6.07) is 13.3. The smallest absolute Gasteiger partial charge is 0.294 e. The van der Waals surface area contributed by atoms with Crippen LogP contribution in [0.1, 0.15) is 0 Å². The zero-order valence-electron chi connectivity index (χ0n) is 15.8. The van der Waals surface area contributed by atoms with Gasteiger partial charge in [0.15, 0.2) is 7.14 Å². The van der Waals surface area contributed by atoms with Gasteiger partial charge in [0.05, 0.1) is 14.7 Å². The van der Waals surface area contributed by atoms with E-state index >= 15 is 0 Å². The highest BCUT2D eigenvalue weighted by atomic mass is 32.2. The Balaban J connectivity index is 2.25. The molecule has 14 heteroatoms. The van der Waals surface area contributed by atoms with Gasteiger partial charge in [-0.05, 0) is 72.8 Å². The van der Waals surface area contributed by atoms with E-state index in [-0.39, 0.29) is 15.9 Å². The number of benzene rings is 3. The second-order valence-corrected chi connectivity index (χ2v) is 13.5. The maximum atomic E-state index is 14.3. The quantitative estimate of drug-likeness (QED) is 0.315. The fourth-order valence-corrected chi connectivity index (χ4v) is 6.97. The van der Waals surface area contributed by atoms with Crippen LogP contribution >= 0.6 is 7.14 Å². The van der Waals surface area contributed by atoms with Crippen molar-refractivity contribution in [2.75, 3.05) is 0 Å². The molecule has 0 saturated heterocycles. The molecule has 0 aliphatic carbocycles. The molecule has 10 nitrogen and oxygen atoms in total. The summed E-state index contributed by atoms with van der Waals surface area (Å²) in [5.41, 5.74) is 0. The van der Waals surface area contributed by atoms with Crippen molar-refractivity contribution in [1.29, 1.82) is 0 Å². The lowest BCUT2D eigenvalue weighted by molar-refractivity contribution is 0.481. The van der Waals surface area contributed by atoms with Crippen LogP contribution in [-0.4, -0.2) is 38.9 Å². The molecule has 0 aliphatic rings. The minimum absolute atomic E-state index is 0.0871. The second-order valence-electron chi connectivity index (χ2n) is 6.52. The van der Waals surface area contributed by atoms with Gasteiger partial charge in [0.25, 0.3) is 30.4 Å². The maximum absolute atomic E-state index is 14.3. The van der Waals surface area contributed by atoms with Crippen LogP contribution in [0.5, 0.6) is 0 Å². The van der Waals surface area contributed by atoms with Crippen molar-refractivity contribution < 1.29 is 43.5 Å². The molecule has 0 amide bonds. The molecule has 0 aromatic heterocycles. The molecule has 0 fully saturated rings. The summed E-state index contributed by atoms with van der Waals surface area (Å²) in [5, 5.41) is 0.261. The lowest BCUT2D eigenvalue weighted by Gasteiger charge is -2.20. The molecule has 0 saturated carbocycles. The summed E-state index contributed by atoms with van der Waals surface area (Å²) in [6.07, 6.45) is 0. The Labute approximate surface area is 184 Å². The summed E-state index contributed by atoms with van der Waals surface area (Å²) >= 11 is 0. The normalized spacial score (nSPS) is 13.1. The van der Waals surface area contributed by atoms with Crippen LogP contribution in [0.15, 0.2) is 87.5 Å². The van der Waals surface area contributed by atoms with E-state index in [9.17, 15) is 43.5 Å². The number of hydrogen-bond donors (Lipinski definition) is 3. The first kappa shape index (κ1) is 24.3. The third kappa shape index (κ3) is 4.84. The van der Waals surface area contributed by atoms with Gasteiger partial charge in [-0.1, -0.05) is 0 Å². The maximum Gasteiger partial charge on any atom is 0.294 e. The van der Waals surface area contributed by atoms with Crippen molar-refractivity contribution in [2.45, 2.75) is 14.7 Å². The van der Waals surface area contributed by atoms with Crippen LogP contribution in [0.4, 0.5) is 0 Å². The molecule has 0 bridgehead atoms. The van der Waals surface area contributed by atoms with Gasteiger partial charge in [0.1, 0.15) is 0 Å². The summed E-state index contributed by atoms with van der Waals surface area (Å²) < 4.78 is 110. The third-order valence-electron chi connectivity index (χ3n) is 4.49. The van der Waals surface area contributed by atoms with E-state index in [0.717, 1.165) is 36.4 Å². The Morgan fingerprint density at radius 3 is 0.781 bits per heavy atom. The Morgan fingerprint density at radius 2 is 0.625 bits per heavy atom. The summed E-state index contributed by atoms with van der Waals surface area (Å²) in [4.78, 5) is -1.34. The number of hydrogen-bond acceptors (Lipinski definition) is 7. The van der Waals surface area contributed by atoms with Crippen LogP contribution in [0.3, 0.4) is 0 Å². The van der Waals surface area contributed by atoms with Gasteiger partial charge >= 0.3 is 0 Å². The topological polar surface area (TPSA) is 180 Å². The van der Waals surface area contributed by atoms with Crippen LogP contribution in [0.25, 0.3) is 0 Å². The first-order valence-corrected chi connectivity index (χ1v) is 14.5. The van der Waals surface area contributed by atoms with Gasteiger partial charge in [-0.15, -0.1) is 0 Å². The zero-order valence-corrected chi connectivity index (χ0v) is 19.1. The summed E-state index contributed by atoms with van der Waals surface area (Å²) in [6.45, 7) is 0. The highest BCUT2D eigenvalue weighted by Gasteiger charge is 2.31. The Kier molecular flexibility index (Phi) is 6.21. The van der Waals surface area contributed by atoms with Gasteiger partial charge in [-0.3, -0.25) is 13.7 Å². The fourth-order valence-electron chi connectivity index (χ4n) is 2.93. The first-order valence-electron chi connectivity index (χ1n) is 8.48. The summed E-state index contributed by atoms with van der Waals surface area (Å²) in [7, 11) is -17.4. The molecule has 32 heavy (non-hydrogen) atoms. The minimum Gasteiger partial charge on any atom is -0.309 e.